The van der Waals surface area contributed by atoms with Crippen molar-refractivity contribution in [3.8, 4) is 0 Å². The number of carboxylic acids is 1. The predicted molar refractivity (Wildman–Crippen MR) is 137 cm³/mol. The fourth-order valence-corrected chi connectivity index (χ4v) is 4.42. The zero-order valence-corrected chi connectivity index (χ0v) is 22.3. The van der Waals surface area contributed by atoms with Crippen molar-refractivity contribution in [1.82, 2.24) is 10.2 Å². The van der Waals surface area contributed by atoms with E-state index in [1.165, 1.54) is 0 Å². The normalized spacial score (nSPS) is 14.3. The van der Waals surface area contributed by atoms with Gasteiger partial charge in [0.05, 0.1) is 33.8 Å². The van der Waals surface area contributed by atoms with E-state index in [0.717, 1.165) is 12.0 Å². The Bertz CT molecular complexity index is 775. The number of likely N-dealkylation sites (N-methyl/N-ethyl adjacent to an activating group) is 1. The van der Waals surface area contributed by atoms with Crippen LogP contribution in [-0.2, 0) is 20.9 Å². The highest BCUT2D eigenvalue weighted by Gasteiger charge is 2.41. The Balaban J connectivity index is 3.14. The van der Waals surface area contributed by atoms with Crippen molar-refractivity contribution < 1.29 is 28.7 Å². The van der Waals surface area contributed by atoms with Gasteiger partial charge in [0.2, 0.25) is 5.91 Å². The van der Waals surface area contributed by atoms with E-state index >= 15 is 0 Å². The fourth-order valence-electron chi connectivity index (χ4n) is 3.94. The molecule has 9 heteroatoms. The van der Waals surface area contributed by atoms with Crippen LogP contribution in [0.5, 0.6) is 0 Å². The van der Waals surface area contributed by atoms with Crippen LogP contribution in [0.3, 0.4) is 0 Å². The van der Waals surface area contributed by atoms with Gasteiger partial charge in [0.15, 0.2) is 0 Å². The van der Waals surface area contributed by atoms with Crippen LogP contribution in [0.4, 0.5) is 4.79 Å². The molecule has 0 saturated carbocycles. The largest absolute Gasteiger partial charge is 0.515 e. The summed E-state index contributed by atoms with van der Waals surface area (Å²) in [6.45, 7) is 7.30. The van der Waals surface area contributed by atoms with Crippen molar-refractivity contribution in [2.24, 2.45) is 5.92 Å². The lowest BCUT2D eigenvalue weighted by Crippen LogP contribution is -2.60. The molecule has 0 aromatic heterocycles. The van der Waals surface area contributed by atoms with Gasteiger partial charge in [-0.25, -0.2) is 9.28 Å². The van der Waals surface area contributed by atoms with E-state index < -0.39 is 12.0 Å². The summed E-state index contributed by atoms with van der Waals surface area (Å²) in [6, 6.07) is 8.78. The molecule has 0 aliphatic carbocycles. The molecule has 1 rings (SSSR count). The molecule has 192 valence electrons. The monoisotopic (exact) mass is 496 g/mol. The van der Waals surface area contributed by atoms with Gasteiger partial charge in [-0.05, 0) is 37.3 Å². The number of quaternary nitrogens is 1. The van der Waals surface area contributed by atoms with E-state index in [4.69, 9.17) is 4.74 Å². The standard InChI is InChI=1S/C25H41N3O5S/c1-7-19(3)22(28(4,5)25(32)33-8-2)17-27(16-20-12-10-9-11-13-20)18-23(29)26-21(24(30)31)14-15-34-6/h9-13,19,21-22H,7-8,14-18H2,1-6H3,(H-,26,29,30,31)/p+1/t19-,21-,22+/m0/s1. The topological polar surface area (TPSA) is 95.9 Å². The second kappa shape index (κ2) is 15.0. The molecule has 0 saturated heterocycles. The number of carbonyl (C=O) groups is 3. The third kappa shape index (κ3) is 9.64. The zero-order chi connectivity index (χ0) is 25.7. The first-order valence-corrected chi connectivity index (χ1v) is 13.2. The van der Waals surface area contributed by atoms with Gasteiger partial charge < -0.3 is 15.2 Å². The lowest BCUT2D eigenvalue weighted by atomic mass is 9.95. The smallest absolute Gasteiger partial charge is 0.480 e. The van der Waals surface area contributed by atoms with E-state index in [0.29, 0.717) is 31.9 Å². The highest BCUT2D eigenvalue weighted by atomic mass is 32.2. The maximum atomic E-state index is 12.9. The molecule has 0 spiro atoms. The van der Waals surface area contributed by atoms with Crippen LogP contribution in [0, 0.1) is 5.92 Å². The summed E-state index contributed by atoms with van der Waals surface area (Å²) >= 11 is 1.54. The number of benzene rings is 1. The van der Waals surface area contributed by atoms with Crippen LogP contribution in [-0.4, -0.2) is 90.3 Å². The maximum Gasteiger partial charge on any atom is 0.515 e. The third-order valence-corrected chi connectivity index (χ3v) is 6.82. The first-order valence-electron chi connectivity index (χ1n) is 11.8. The van der Waals surface area contributed by atoms with Gasteiger partial charge in [0, 0.05) is 12.5 Å². The maximum absolute atomic E-state index is 12.9. The number of nitrogens with one attached hydrogen (secondary N) is 1. The minimum Gasteiger partial charge on any atom is -0.480 e. The van der Waals surface area contributed by atoms with Gasteiger partial charge in [0.1, 0.15) is 12.1 Å². The van der Waals surface area contributed by atoms with E-state index in [2.05, 4.69) is 19.2 Å². The number of hydrogen-bond donors (Lipinski definition) is 2. The van der Waals surface area contributed by atoms with Crippen LogP contribution in [0.25, 0.3) is 0 Å². The molecule has 0 aliphatic heterocycles. The molecular weight excluding hydrogens is 454 g/mol. The van der Waals surface area contributed by atoms with Gasteiger partial charge >= 0.3 is 12.1 Å². The number of carboxylic acid groups (broad SMARTS) is 1. The molecule has 3 atom stereocenters. The third-order valence-electron chi connectivity index (χ3n) is 6.17. The van der Waals surface area contributed by atoms with E-state index in [1.54, 1.807) is 18.7 Å². The van der Waals surface area contributed by atoms with Gasteiger partial charge in [-0.15, -0.1) is 0 Å². The van der Waals surface area contributed by atoms with Crippen molar-refractivity contribution in [2.45, 2.75) is 52.2 Å². The van der Waals surface area contributed by atoms with Crippen molar-refractivity contribution in [3.63, 3.8) is 0 Å². The number of carbonyl (C=O) groups excluding carboxylic acids is 2. The van der Waals surface area contributed by atoms with Crippen LogP contribution < -0.4 is 5.32 Å². The van der Waals surface area contributed by atoms with Crippen molar-refractivity contribution >= 4 is 29.7 Å². The molecule has 0 heterocycles. The number of thioether (sulfide) groups is 1. The van der Waals surface area contributed by atoms with Crippen molar-refractivity contribution in [1.29, 1.82) is 0 Å². The summed E-state index contributed by atoms with van der Waals surface area (Å²) < 4.78 is 5.39. The molecule has 0 aliphatic rings. The quantitative estimate of drug-likeness (QED) is 0.359. The molecule has 1 aromatic rings. The highest BCUT2D eigenvalue weighted by molar-refractivity contribution is 7.98. The van der Waals surface area contributed by atoms with Crippen molar-refractivity contribution in [2.75, 3.05) is 45.8 Å². The Morgan fingerprint density at radius 2 is 1.82 bits per heavy atom. The van der Waals surface area contributed by atoms with Gasteiger partial charge in [0.25, 0.3) is 0 Å². The second-order valence-corrected chi connectivity index (χ2v) is 10.1. The summed E-state index contributed by atoms with van der Waals surface area (Å²) in [7, 11) is 3.69. The average Bonchev–Trinajstić information content (AvgIpc) is 2.80. The van der Waals surface area contributed by atoms with Gasteiger partial charge in [-0.1, -0.05) is 44.2 Å². The lowest BCUT2D eigenvalue weighted by Gasteiger charge is -2.40. The molecule has 0 bridgehead atoms. The molecule has 0 unspecified atom stereocenters. The van der Waals surface area contributed by atoms with E-state index in [-0.39, 0.29) is 35.0 Å². The average molecular weight is 497 g/mol. The fraction of sp³-hybridized carbons (Fsp3) is 0.640. The highest BCUT2D eigenvalue weighted by Crippen LogP contribution is 2.23. The minimum absolute atomic E-state index is 0.0354. The minimum atomic E-state index is -1.03. The SMILES string of the molecule is CCOC(=O)[N+](C)(C)[C@H](CN(CC(=O)N[C@@H](CCSC)C(=O)O)Cc1ccccc1)[C@@H](C)CC. The predicted octanol–water partition coefficient (Wildman–Crippen LogP) is 3.46. The summed E-state index contributed by atoms with van der Waals surface area (Å²) in [5.41, 5.74) is 1.04. The summed E-state index contributed by atoms with van der Waals surface area (Å²) in [5, 5.41) is 12.2. The van der Waals surface area contributed by atoms with E-state index in [1.807, 2.05) is 55.6 Å². The Morgan fingerprint density at radius 3 is 2.35 bits per heavy atom. The Kier molecular flexibility index (Phi) is 13.2. The molecule has 8 nitrogen and oxygen atoms in total. The van der Waals surface area contributed by atoms with E-state index in [9.17, 15) is 19.5 Å². The Labute approximate surface area is 208 Å². The molecule has 2 N–H and O–H groups in total. The Morgan fingerprint density at radius 1 is 1.18 bits per heavy atom. The molecule has 34 heavy (non-hydrogen) atoms. The number of rotatable bonds is 15. The number of amides is 2. The summed E-state index contributed by atoms with van der Waals surface area (Å²) in [6.07, 6.45) is 2.83. The van der Waals surface area contributed by atoms with Crippen molar-refractivity contribution in [3.05, 3.63) is 35.9 Å². The van der Waals surface area contributed by atoms with Gasteiger partial charge in [-0.2, -0.15) is 16.6 Å². The first kappa shape index (κ1) is 29.9. The van der Waals surface area contributed by atoms with Crippen LogP contribution in [0.15, 0.2) is 30.3 Å². The molecule has 0 fully saturated rings. The van der Waals surface area contributed by atoms with Crippen LogP contribution in [0.2, 0.25) is 0 Å². The van der Waals surface area contributed by atoms with Crippen LogP contribution in [0.1, 0.15) is 39.2 Å². The lowest BCUT2D eigenvalue weighted by molar-refractivity contribution is -0.848. The second-order valence-electron chi connectivity index (χ2n) is 9.09. The first-order chi connectivity index (χ1) is 16.1. The number of ether oxygens (including phenoxy) is 1. The molecule has 1 aromatic carbocycles. The number of aliphatic carboxylic acids is 1. The summed E-state index contributed by atoms with van der Waals surface area (Å²) in [4.78, 5) is 39.3. The number of hydrogen-bond acceptors (Lipinski definition) is 6. The molecule has 0 radical (unpaired) electrons. The molecule has 2 amide bonds. The number of nitrogens with zero attached hydrogens (tertiary/aromatic N) is 2. The van der Waals surface area contributed by atoms with Crippen LogP contribution >= 0.6 is 11.8 Å². The Hall–Kier alpha value is -2.10. The zero-order valence-electron chi connectivity index (χ0n) is 21.5. The van der Waals surface area contributed by atoms with Gasteiger partial charge in [-0.3, -0.25) is 9.69 Å². The molecular formula is C25H42N3O5S+. The summed E-state index contributed by atoms with van der Waals surface area (Å²) in [5.74, 6) is -0.538.